The van der Waals surface area contributed by atoms with Crippen molar-refractivity contribution in [3.05, 3.63) is 63.4 Å². The highest BCUT2D eigenvalue weighted by Crippen LogP contribution is 2.57. The molecule has 0 saturated carbocycles. The molecule has 8 nitrogen and oxygen atoms in total. The Hall–Kier alpha value is -2.27. The van der Waals surface area contributed by atoms with Crippen molar-refractivity contribution in [3.8, 4) is 0 Å². The molecule has 2 saturated heterocycles. The third kappa shape index (κ3) is 5.72. The normalized spacial score (nSPS) is 29.7. The zero-order chi connectivity index (χ0) is 29.7. The molecule has 222 valence electrons. The molecule has 0 aromatic heterocycles. The van der Waals surface area contributed by atoms with Crippen molar-refractivity contribution in [1.29, 1.82) is 0 Å². The summed E-state index contributed by atoms with van der Waals surface area (Å²) in [6, 6.07) is 8.56. The number of halogens is 3. The molecule has 5 N–H and O–H groups in total. The van der Waals surface area contributed by atoms with Gasteiger partial charge in [0.05, 0.1) is 23.3 Å². The number of anilines is 1. The molecular weight excluding hydrogens is 570 g/mol. The van der Waals surface area contributed by atoms with Gasteiger partial charge in [-0.15, -0.1) is 0 Å². The summed E-state index contributed by atoms with van der Waals surface area (Å²) in [6.07, 6.45) is -0.378. The van der Waals surface area contributed by atoms with E-state index in [1.807, 2.05) is 11.0 Å². The van der Waals surface area contributed by atoms with Gasteiger partial charge in [0, 0.05) is 48.8 Å². The first-order valence-corrected chi connectivity index (χ1v) is 14.8. The maximum absolute atomic E-state index is 15.0. The standard InChI is InChI=1S/C30H37Cl2FN4O4/c1-29(2,3)13-24-30(18-11-20(33)19(32)12-21(18)35-28(30)41)25(16-6-4-7-17(31)10-16)26(36-24)27(40)34-8-5-9-37-14-22(38)23(39)15-37/h4,6-7,10-12,22-26,36,38-39H,5,8-9,13-15H2,1-3H3,(H,34,40)(H,35,41)/t22-,23-,24-,25+,26-,30+/m1/s1. The zero-order valence-electron chi connectivity index (χ0n) is 23.4. The third-order valence-corrected chi connectivity index (χ3v) is 9.00. The molecule has 3 aliphatic rings. The fraction of sp³-hybridized carbons (Fsp3) is 0.533. The van der Waals surface area contributed by atoms with Crippen LogP contribution in [-0.2, 0) is 15.0 Å². The minimum Gasteiger partial charge on any atom is -0.389 e. The van der Waals surface area contributed by atoms with Crippen LogP contribution < -0.4 is 16.0 Å². The second-order valence-corrected chi connectivity index (χ2v) is 13.5. The zero-order valence-corrected chi connectivity index (χ0v) is 24.9. The number of nitrogens with zero attached hydrogens (tertiary/aromatic N) is 1. The summed E-state index contributed by atoms with van der Waals surface area (Å²) in [6.45, 7) is 7.94. The molecule has 5 rings (SSSR count). The lowest BCUT2D eigenvalue weighted by molar-refractivity contribution is -0.123. The summed E-state index contributed by atoms with van der Waals surface area (Å²) in [5.74, 6) is -1.92. The average Bonchev–Trinajstić information content (AvgIpc) is 3.48. The number of aliphatic hydroxyl groups is 2. The van der Waals surface area contributed by atoms with Crippen molar-refractivity contribution in [3.63, 3.8) is 0 Å². The van der Waals surface area contributed by atoms with Crippen LogP contribution >= 0.6 is 23.2 Å². The van der Waals surface area contributed by atoms with Gasteiger partial charge in [-0.25, -0.2) is 4.39 Å². The van der Waals surface area contributed by atoms with Crippen LogP contribution in [-0.4, -0.2) is 77.4 Å². The van der Waals surface area contributed by atoms with E-state index in [2.05, 4.69) is 36.7 Å². The highest BCUT2D eigenvalue weighted by atomic mass is 35.5. The number of fused-ring (bicyclic) bond motifs is 2. The van der Waals surface area contributed by atoms with Gasteiger partial charge in [-0.05, 0) is 53.6 Å². The van der Waals surface area contributed by atoms with Crippen LogP contribution in [0.4, 0.5) is 10.1 Å². The largest absolute Gasteiger partial charge is 0.389 e. The van der Waals surface area contributed by atoms with Crippen molar-refractivity contribution in [2.24, 2.45) is 5.41 Å². The molecule has 6 atom stereocenters. The van der Waals surface area contributed by atoms with Crippen LogP contribution in [0.5, 0.6) is 0 Å². The molecule has 1 spiro atoms. The smallest absolute Gasteiger partial charge is 0.237 e. The van der Waals surface area contributed by atoms with Crippen molar-refractivity contribution in [1.82, 2.24) is 15.5 Å². The maximum atomic E-state index is 15.0. The monoisotopic (exact) mass is 606 g/mol. The van der Waals surface area contributed by atoms with Crippen LogP contribution in [0.15, 0.2) is 36.4 Å². The van der Waals surface area contributed by atoms with Gasteiger partial charge in [0.15, 0.2) is 0 Å². The number of benzene rings is 2. The van der Waals surface area contributed by atoms with Crippen molar-refractivity contribution >= 4 is 40.7 Å². The second-order valence-electron chi connectivity index (χ2n) is 12.7. The average molecular weight is 608 g/mol. The van der Waals surface area contributed by atoms with E-state index in [1.54, 1.807) is 18.2 Å². The Morgan fingerprint density at radius 2 is 1.88 bits per heavy atom. The van der Waals surface area contributed by atoms with Gasteiger partial charge in [0.1, 0.15) is 11.2 Å². The Morgan fingerprint density at radius 3 is 2.54 bits per heavy atom. The lowest BCUT2D eigenvalue weighted by Gasteiger charge is -2.37. The molecule has 0 bridgehead atoms. The molecule has 3 aliphatic heterocycles. The molecule has 2 amide bonds. The van der Waals surface area contributed by atoms with E-state index in [9.17, 15) is 19.8 Å². The SMILES string of the molecule is CC(C)(C)C[C@H]1N[C@@H](C(=O)NCCCN2C[C@@H](O)[C@H](O)C2)[C@H](c2cccc(Cl)c2)[C@@]12C(=O)Nc1cc(Cl)c(F)cc12. The minimum absolute atomic E-state index is 0.0916. The topological polar surface area (TPSA) is 114 Å². The van der Waals surface area contributed by atoms with Crippen LogP contribution in [0, 0.1) is 11.2 Å². The molecule has 2 aromatic rings. The lowest BCUT2D eigenvalue weighted by Crippen LogP contribution is -2.49. The molecule has 3 heterocycles. The summed E-state index contributed by atoms with van der Waals surface area (Å²) in [4.78, 5) is 30.0. The summed E-state index contributed by atoms with van der Waals surface area (Å²) in [5, 5.41) is 29.4. The third-order valence-electron chi connectivity index (χ3n) is 8.48. The van der Waals surface area contributed by atoms with E-state index in [1.165, 1.54) is 12.1 Å². The van der Waals surface area contributed by atoms with E-state index in [0.29, 0.717) is 60.9 Å². The summed E-state index contributed by atoms with van der Waals surface area (Å²) in [5.41, 5.74) is 0.0683. The van der Waals surface area contributed by atoms with E-state index >= 15 is 4.39 Å². The van der Waals surface area contributed by atoms with Crippen LogP contribution in [0.25, 0.3) is 0 Å². The van der Waals surface area contributed by atoms with Gasteiger partial charge in [-0.2, -0.15) is 0 Å². The van der Waals surface area contributed by atoms with E-state index in [0.717, 1.165) is 0 Å². The fourth-order valence-corrected chi connectivity index (χ4v) is 7.15. The van der Waals surface area contributed by atoms with Gasteiger partial charge in [-0.1, -0.05) is 56.1 Å². The summed E-state index contributed by atoms with van der Waals surface area (Å²) in [7, 11) is 0. The fourth-order valence-electron chi connectivity index (χ4n) is 6.79. The lowest BCUT2D eigenvalue weighted by atomic mass is 9.62. The Labute approximate surface area is 249 Å². The van der Waals surface area contributed by atoms with Gasteiger partial charge in [0.25, 0.3) is 0 Å². The van der Waals surface area contributed by atoms with E-state index in [-0.39, 0.29) is 22.3 Å². The van der Waals surface area contributed by atoms with Crippen LogP contribution in [0.2, 0.25) is 10.0 Å². The number of carbonyl (C=O) groups is 2. The molecule has 2 aromatic carbocycles. The molecule has 0 radical (unpaired) electrons. The van der Waals surface area contributed by atoms with Crippen molar-refractivity contribution in [2.45, 2.75) is 69.2 Å². The Bertz CT molecular complexity index is 1330. The Morgan fingerprint density at radius 1 is 1.17 bits per heavy atom. The van der Waals surface area contributed by atoms with Crippen molar-refractivity contribution in [2.75, 3.05) is 31.5 Å². The molecule has 0 unspecified atom stereocenters. The molecular formula is C30H37Cl2FN4O4. The number of hydrogen-bond donors (Lipinski definition) is 5. The van der Waals surface area contributed by atoms with Crippen LogP contribution in [0.1, 0.15) is 50.7 Å². The number of β-amino-alcohol motifs (C(OH)–C–C–N with tert-alkyl or cyclic N) is 2. The first kappa shape index (κ1) is 30.2. The summed E-state index contributed by atoms with van der Waals surface area (Å²) < 4.78 is 15.0. The molecule has 2 fully saturated rings. The highest BCUT2D eigenvalue weighted by molar-refractivity contribution is 6.31. The van der Waals surface area contributed by atoms with Crippen LogP contribution in [0.3, 0.4) is 0 Å². The van der Waals surface area contributed by atoms with E-state index in [4.69, 9.17) is 23.2 Å². The van der Waals surface area contributed by atoms with Gasteiger partial charge < -0.3 is 26.2 Å². The number of amides is 2. The predicted octanol–water partition coefficient (Wildman–Crippen LogP) is 3.43. The van der Waals surface area contributed by atoms with Gasteiger partial charge in [-0.3, -0.25) is 14.5 Å². The number of likely N-dealkylation sites (tertiary alicyclic amines) is 1. The summed E-state index contributed by atoms with van der Waals surface area (Å²) >= 11 is 12.5. The highest BCUT2D eigenvalue weighted by Gasteiger charge is 2.65. The molecule has 11 heteroatoms. The first-order valence-electron chi connectivity index (χ1n) is 14.0. The number of aliphatic hydroxyl groups excluding tert-OH is 2. The quantitative estimate of drug-likeness (QED) is 0.309. The van der Waals surface area contributed by atoms with Gasteiger partial charge >= 0.3 is 0 Å². The number of hydrogen-bond acceptors (Lipinski definition) is 6. The molecule has 41 heavy (non-hydrogen) atoms. The number of carbonyl (C=O) groups excluding carboxylic acids is 2. The van der Waals surface area contributed by atoms with Gasteiger partial charge in [0.2, 0.25) is 11.8 Å². The Balaban J connectivity index is 1.51. The van der Waals surface area contributed by atoms with E-state index < -0.39 is 41.4 Å². The van der Waals surface area contributed by atoms with Crippen molar-refractivity contribution < 1.29 is 24.2 Å². The first-order chi connectivity index (χ1) is 19.3. The Kier molecular flexibility index (Phi) is 8.42. The second kappa shape index (κ2) is 11.4. The molecule has 0 aliphatic carbocycles. The minimum atomic E-state index is -1.30. The number of nitrogens with one attached hydrogen (secondary N) is 3. The maximum Gasteiger partial charge on any atom is 0.237 e. The predicted molar refractivity (Wildman–Crippen MR) is 157 cm³/mol. The number of rotatable bonds is 7.